The molecule has 0 aromatic carbocycles. The Kier molecular flexibility index (Phi) is 23.8. The Bertz CT molecular complexity index is 1380. The van der Waals surface area contributed by atoms with Gasteiger partial charge in [0.15, 0.2) is 0 Å². The van der Waals surface area contributed by atoms with E-state index in [0.29, 0.717) is 0 Å². The second-order valence-corrected chi connectivity index (χ2v) is 21.1. The molecule has 54 heavy (non-hydrogen) atoms. The van der Waals surface area contributed by atoms with Crippen LogP contribution in [0.25, 0.3) is 29.3 Å². The lowest BCUT2D eigenvalue weighted by atomic mass is 10.0. The zero-order chi connectivity index (χ0) is 38.1. The van der Waals surface area contributed by atoms with E-state index >= 15 is 0 Å². The van der Waals surface area contributed by atoms with Crippen LogP contribution in [0.3, 0.4) is 0 Å². The number of hydrogen-bond acceptors (Lipinski definition) is 4. The summed E-state index contributed by atoms with van der Waals surface area (Å²) in [5.74, 6) is 0. The third-order valence-electron chi connectivity index (χ3n) is 11.4. The van der Waals surface area contributed by atoms with Crippen molar-refractivity contribution in [1.82, 2.24) is 0 Å². The van der Waals surface area contributed by atoms with Gasteiger partial charge in [-0.2, -0.15) is 0 Å². The molecule has 0 bridgehead atoms. The summed E-state index contributed by atoms with van der Waals surface area (Å²) < 4.78 is 0. The second-order valence-electron chi connectivity index (χ2n) is 16.4. The zero-order valence-corrected chi connectivity index (χ0v) is 38.6. The summed E-state index contributed by atoms with van der Waals surface area (Å²) in [6.45, 7) is 9.20. The molecular formula is C50H78S4. The fourth-order valence-electron chi connectivity index (χ4n) is 8.13. The van der Waals surface area contributed by atoms with Crippen molar-refractivity contribution in [2.45, 2.75) is 220 Å². The largest absolute Gasteiger partial charge is 0.139 e. The first-order chi connectivity index (χ1) is 26.6. The van der Waals surface area contributed by atoms with Crippen molar-refractivity contribution >= 4 is 45.3 Å². The van der Waals surface area contributed by atoms with Crippen molar-refractivity contribution in [2.75, 3.05) is 0 Å². The van der Waals surface area contributed by atoms with E-state index in [1.807, 2.05) is 45.3 Å². The van der Waals surface area contributed by atoms with Crippen LogP contribution in [-0.4, -0.2) is 0 Å². The van der Waals surface area contributed by atoms with E-state index in [4.69, 9.17) is 0 Å². The topological polar surface area (TPSA) is 0 Å². The monoisotopic (exact) mass is 806 g/mol. The molecule has 0 saturated carbocycles. The van der Waals surface area contributed by atoms with Gasteiger partial charge in [-0.05, 0) is 87.1 Å². The van der Waals surface area contributed by atoms with Crippen LogP contribution in [0.1, 0.15) is 215 Å². The molecule has 0 radical (unpaired) electrons. The molecule has 0 aliphatic heterocycles. The normalized spacial score (nSPS) is 11.7. The van der Waals surface area contributed by atoms with Gasteiger partial charge in [0.05, 0.1) is 0 Å². The molecule has 0 amide bonds. The highest BCUT2D eigenvalue weighted by molar-refractivity contribution is 7.28. The van der Waals surface area contributed by atoms with Gasteiger partial charge in [0.2, 0.25) is 0 Å². The van der Waals surface area contributed by atoms with Crippen molar-refractivity contribution in [2.24, 2.45) is 0 Å². The van der Waals surface area contributed by atoms with Crippen LogP contribution in [0.2, 0.25) is 0 Å². The molecule has 0 aliphatic rings. The van der Waals surface area contributed by atoms with E-state index in [9.17, 15) is 0 Å². The summed E-state index contributed by atoms with van der Waals surface area (Å²) >= 11 is 8.02. The van der Waals surface area contributed by atoms with Gasteiger partial charge in [0, 0.05) is 39.0 Å². The van der Waals surface area contributed by atoms with Gasteiger partial charge < -0.3 is 0 Å². The van der Waals surface area contributed by atoms with Crippen molar-refractivity contribution in [3.63, 3.8) is 0 Å². The van der Waals surface area contributed by atoms with Gasteiger partial charge >= 0.3 is 0 Å². The van der Waals surface area contributed by atoms with Crippen LogP contribution < -0.4 is 0 Å². The predicted molar refractivity (Wildman–Crippen MR) is 252 cm³/mol. The maximum atomic E-state index is 2.48. The molecular weight excluding hydrogens is 729 g/mol. The first-order valence-electron chi connectivity index (χ1n) is 23.0. The minimum Gasteiger partial charge on any atom is -0.139 e. The lowest BCUT2D eigenvalue weighted by Gasteiger charge is -2.04. The molecule has 0 spiro atoms. The predicted octanol–water partition coefficient (Wildman–Crippen LogP) is 19.6. The standard InChI is InChI=1S/C50H78S4/c1-5-7-9-11-13-15-17-19-21-23-25-27-29-31-33-43-39-41(3)51-49(43)47-37-35-45(53-47)46-36-38-48(54-46)50-44(40-42(4)52-50)34-32-30-28-26-24-22-20-18-16-14-12-10-8-6-2/h35-40H,5-34H2,1-4H3. The third-order valence-corrected chi connectivity index (χ3v) is 16.3. The summed E-state index contributed by atoms with van der Waals surface area (Å²) in [5.41, 5.74) is 3.16. The van der Waals surface area contributed by atoms with Gasteiger partial charge in [-0.25, -0.2) is 0 Å². The van der Waals surface area contributed by atoms with E-state index in [1.54, 1.807) is 11.1 Å². The Hall–Kier alpha value is -1.20. The van der Waals surface area contributed by atoms with Crippen molar-refractivity contribution in [3.8, 4) is 29.3 Å². The molecule has 0 nitrogen and oxygen atoms in total. The molecule has 4 heterocycles. The molecule has 0 saturated heterocycles. The van der Waals surface area contributed by atoms with Gasteiger partial charge in [-0.3, -0.25) is 0 Å². The molecule has 4 aromatic heterocycles. The van der Waals surface area contributed by atoms with Gasteiger partial charge in [0.1, 0.15) is 0 Å². The Morgan fingerprint density at radius 1 is 0.315 bits per heavy atom. The molecule has 0 N–H and O–H groups in total. The Labute approximate surface area is 350 Å². The lowest BCUT2D eigenvalue weighted by molar-refractivity contribution is 0.535. The number of aryl methyl sites for hydroxylation is 4. The summed E-state index contributed by atoms with van der Waals surface area (Å²) in [4.78, 5) is 11.7. The minimum absolute atomic E-state index is 1.23. The van der Waals surface area contributed by atoms with E-state index < -0.39 is 0 Å². The first kappa shape index (κ1) is 45.5. The van der Waals surface area contributed by atoms with Gasteiger partial charge in [0.25, 0.3) is 0 Å². The van der Waals surface area contributed by atoms with Crippen LogP contribution in [0, 0.1) is 13.8 Å². The first-order valence-corrected chi connectivity index (χ1v) is 26.2. The van der Waals surface area contributed by atoms with Crippen molar-refractivity contribution < 1.29 is 0 Å². The quantitative estimate of drug-likeness (QED) is 0.0421. The summed E-state index contributed by atoms with van der Waals surface area (Å²) in [7, 11) is 0. The molecule has 4 heteroatoms. The SMILES string of the molecule is CCCCCCCCCCCCCCCCc1cc(C)sc1-c1ccc(-c2ccc(-c3sc(C)cc3CCCCCCCCCCCCCCCC)s2)s1. The summed E-state index contributed by atoms with van der Waals surface area (Å²) in [6.07, 6.45) is 42.4. The average molecular weight is 807 g/mol. The van der Waals surface area contributed by atoms with Crippen molar-refractivity contribution in [3.05, 3.63) is 57.3 Å². The molecule has 0 atom stereocenters. The zero-order valence-electron chi connectivity index (χ0n) is 35.3. The summed E-state index contributed by atoms with van der Waals surface area (Å²) in [5, 5.41) is 0. The fourth-order valence-corrected chi connectivity index (χ4v) is 12.6. The highest BCUT2D eigenvalue weighted by Gasteiger charge is 2.16. The summed E-state index contributed by atoms with van der Waals surface area (Å²) in [6, 6.07) is 14.5. The van der Waals surface area contributed by atoms with Gasteiger partial charge in [-0.15, -0.1) is 45.3 Å². The van der Waals surface area contributed by atoms with Crippen LogP contribution in [0.4, 0.5) is 0 Å². The molecule has 4 aromatic rings. The molecule has 302 valence electrons. The van der Waals surface area contributed by atoms with Crippen LogP contribution in [0.5, 0.6) is 0 Å². The van der Waals surface area contributed by atoms with E-state index in [-0.39, 0.29) is 0 Å². The molecule has 0 aliphatic carbocycles. The minimum atomic E-state index is 1.23. The van der Waals surface area contributed by atoms with Gasteiger partial charge in [-0.1, -0.05) is 181 Å². The Morgan fingerprint density at radius 3 is 0.870 bits per heavy atom. The van der Waals surface area contributed by atoms with E-state index in [1.165, 1.54) is 232 Å². The lowest BCUT2D eigenvalue weighted by Crippen LogP contribution is -1.87. The van der Waals surface area contributed by atoms with Crippen LogP contribution in [0.15, 0.2) is 36.4 Å². The Morgan fingerprint density at radius 2 is 0.574 bits per heavy atom. The third kappa shape index (κ3) is 17.5. The maximum Gasteiger partial charge on any atom is 0.0477 e. The number of unbranched alkanes of at least 4 members (excludes halogenated alkanes) is 26. The van der Waals surface area contributed by atoms with Crippen molar-refractivity contribution in [1.29, 1.82) is 0 Å². The second kappa shape index (κ2) is 28.2. The molecule has 4 rings (SSSR count). The number of thiophene rings is 4. The Balaban J connectivity index is 1.14. The van der Waals surface area contributed by atoms with E-state index in [2.05, 4.69) is 64.1 Å². The molecule has 0 fully saturated rings. The molecule has 0 unspecified atom stereocenters. The van der Waals surface area contributed by atoms with Crippen LogP contribution in [-0.2, 0) is 12.8 Å². The highest BCUT2D eigenvalue weighted by atomic mass is 32.1. The number of hydrogen-bond donors (Lipinski definition) is 0. The fraction of sp³-hybridized carbons (Fsp3) is 0.680. The highest BCUT2D eigenvalue weighted by Crippen LogP contribution is 2.45. The average Bonchev–Trinajstić information content (AvgIpc) is 3.99. The number of rotatable bonds is 33. The maximum absolute atomic E-state index is 2.48. The smallest absolute Gasteiger partial charge is 0.0477 e. The van der Waals surface area contributed by atoms with Crippen LogP contribution >= 0.6 is 45.3 Å². The van der Waals surface area contributed by atoms with E-state index in [0.717, 1.165) is 0 Å².